The lowest BCUT2D eigenvalue weighted by Gasteiger charge is -2.19. The van der Waals surface area contributed by atoms with Gasteiger partial charge in [0.25, 0.3) is 0 Å². The molecule has 1 N–H and O–H groups in total. The van der Waals surface area contributed by atoms with Crippen molar-refractivity contribution >= 4 is 39.4 Å². The molecule has 0 aromatic heterocycles. The van der Waals surface area contributed by atoms with E-state index in [4.69, 9.17) is 4.74 Å². The number of nitrogens with zero attached hydrogens (tertiary/aromatic N) is 1. The van der Waals surface area contributed by atoms with Crippen molar-refractivity contribution in [3.63, 3.8) is 0 Å². The molecule has 6 nitrogen and oxygen atoms in total. The number of benzene rings is 1. The van der Waals surface area contributed by atoms with Gasteiger partial charge >= 0.3 is 5.97 Å². The van der Waals surface area contributed by atoms with Gasteiger partial charge < -0.3 is 15.0 Å². The highest BCUT2D eigenvalue weighted by atomic mass is 79.9. The molecule has 0 aliphatic carbocycles. The van der Waals surface area contributed by atoms with Crippen LogP contribution in [0, 0.1) is 0 Å². The van der Waals surface area contributed by atoms with Crippen LogP contribution in [-0.2, 0) is 25.7 Å². The molecule has 2 rings (SSSR count). The summed E-state index contributed by atoms with van der Waals surface area (Å²) in [6.45, 7) is 6.69. The molecule has 0 radical (unpaired) electrons. The smallest absolute Gasteiger partial charge is 0.306 e. The van der Waals surface area contributed by atoms with Gasteiger partial charge in [-0.3, -0.25) is 14.4 Å². The number of likely N-dealkylation sites (tertiary alicyclic amines) is 1. The second kappa shape index (κ2) is 8.66. The Morgan fingerprint density at radius 3 is 2.42 bits per heavy atom. The Kier molecular flexibility index (Phi) is 6.81. The molecule has 1 heterocycles. The van der Waals surface area contributed by atoms with Crippen LogP contribution >= 0.6 is 15.9 Å². The third kappa shape index (κ3) is 6.44. The molecular formula is C19H25BrN2O4. The summed E-state index contributed by atoms with van der Waals surface area (Å²) in [6, 6.07) is 7.37. The first-order chi connectivity index (χ1) is 12.1. The Labute approximate surface area is 162 Å². The average Bonchev–Trinajstić information content (AvgIpc) is 2.85. The first-order valence-corrected chi connectivity index (χ1v) is 9.59. The van der Waals surface area contributed by atoms with Gasteiger partial charge in [0.1, 0.15) is 5.60 Å². The summed E-state index contributed by atoms with van der Waals surface area (Å²) < 4.78 is 5.18. The Morgan fingerprint density at radius 1 is 1.23 bits per heavy atom. The first kappa shape index (κ1) is 20.4. The molecular weight excluding hydrogens is 400 g/mol. The lowest BCUT2D eigenvalue weighted by Crippen LogP contribution is -2.26. The summed E-state index contributed by atoms with van der Waals surface area (Å²) in [7, 11) is 0. The van der Waals surface area contributed by atoms with E-state index in [-0.39, 0.29) is 35.5 Å². The van der Waals surface area contributed by atoms with Crippen LogP contribution in [0.1, 0.15) is 45.6 Å². The fraction of sp³-hybridized carbons (Fsp3) is 0.526. The SMILES string of the molecule is CC(C)(C)OC(=O)CCC(=O)Nc1ccc(CN2CCC(Br)C2=O)cc1. The highest BCUT2D eigenvalue weighted by Crippen LogP contribution is 2.21. The molecule has 1 unspecified atom stereocenters. The summed E-state index contributed by atoms with van der Waals surface area (Å²) >= 11 is 3.37. The highest BCUT2D eigenvalue weighted by molar-refractivity contribution is 9.10. The van der Waals surface area contributed by atoms with Gasteiger partial charge in [0.05, 0.1) is 11.2 Å². The predicted octanol–water partition coefficient (Wildman–Crippen LogP) is 3.24. The Bertz CT molecular complexity index is 667. The minimum Gasteiger partial charge on any atom is -0.460 e. The number of carbonyl (C=O) groups is 3. The second-order valence-corrected chi connectivity index (χ2v) is 8.45. The molecule has 1 aliphatic rings. The summed E-state index contributed by atoms with van der Waals surface area (Å²) in [4.78, 5) is 37.2. The number of anilines is 1. The normalized spacial score (nSPS) is 17.3. The third-order valence-corrected chi connectivity index (χ3v) is 4.67. The van der Waals surface area contributed by atoms with Gasteiger partial charge in [0.15, 0.2) is 0 Å². The fourth-order valence-electron chi connectivity index (χ4n) is 2.60. The van der Waals surface area contributed by atoms with Crippen molar-refractivity contribution in [3.05, 3.63) is 29.8 Å². The second-order valence-electron chi connectivity index (χ2n) is 7.35. The zero-order valence-electron chi connectivity index (χ0n) is 15.4. The van der Waals surface area contributed by atoms with Crippen molar-refractivity contribution in [2.75, 3.05) is 11.9 Å². The van der Waals surface area contributed by atoms with Crippen LogP contribution in [0.2, 0.25) is 0 Å². The van der Waals surface area contributed by atoms with E-state index >= 15 is 0 Å². The van der Waals surface area contributed by atoms with Crippen LogP contribution in [0.3, 0.4) is 0 Å². The van der Waals surface area contributed by atoms with Crippen LogP contribution in [0.5, 0.6) is 0 Å². The molecule has 0 saturated carbocycles. The lowest BCUT2D eigenvalue weighted by molar-refractivity contribution is -0.155. The number of hydrogen-bond acceptors (Lipinski definition) is 4. The molecule has 142 valence electrons. The molecule has 1 aromatic carbocycles. The lowest BCUT2D eigenvalue weighted by atomic mass is 10.2. The van der Waals surface area contributed by atoms with Crippen molar-refractivity contribution in [1.29, 1.82) is 0 Å². The van der Waals surface area contributed by atoms with E-state index in [1.54, 1.807) is 32.9 Å². The highest BCUT2D eigenvalue weighted by Gasteiger charge is 2.29. The van der Waals surface area contributed by atoms with Gasteiger partial charge in [-0.1, -0.05) is 28.1 Å². The van der Waals surface area contributed by atoms with E-state index in [9.17, 15) is 14.4 Å². The summed E-state index contributed by atoms with van der Waals surface area (Å²) in [5.41, 5.74) is 1.12. The number of halogens is 1. The molecule has 1 atom stereocenters. The quantitative estimate of drug-likeness (QED) is 0.561. The van der Waals surface area contributed by atoms with E-state index in [0.717, 1.165) is 18.5 Å². The van der Waals surface area contributed by atoms with Crippen LogP contribution in [0.15, 0.2) is 24.3 Å². The molecule has 1 aromatic rings. The molecule has 2 amide bonds. The Balaban J connectivity index is 1.78. The van der Waals surface area contributed by atoms with E-state index in [2.05, 4.69) is 21.2 Å². The summed E-state index contributed by atoms with van der Waals surface area (Å²) in [5, 5.41) is 2.76. The minimum absolute atomic E-state index is 0.0476. The van der Waals surface area contributed by atoms with Gasteiger partial charge in [-0.25, -0.2) is 0 Å². The molecule has 1 aliphatic heterocycles. The summed E-state index contributed by atoms with van der Waals surface area (Å²) in [5.74, 6) is -0.506. The van der Waals surface area contributed by atoms with Crippen LogP contribution in [-0.4, -0.2) is 39.7 Å². The van der Waals surface area contributed by atoms with Crippen LogP contribution < -0.4 is 5.32 Å². The maximum atomic E-state index is 11.9. The van der Waals surface area contributed by atoms with Crippen molar-refractivity contribution in [1.82, 2.24) is 4.90 Å². The van der Waals surface area contributed by atoms with Crippen LogP contribution in [0.25, 0.3) is 0 Å². The Morgan fingerprint density at radius 2 is 1.88 bits per heavy atom. The topological polar surface area (TPSA) is 75.7 Å². The minimum atomic E-state index is -0.547. The molecule has 7 heteroatoms. The number of rotatable bonds is 6. The summed E-state index contributed by atoms with van der Waals surface area (Å²) in [6.07, 6.45) is 0.947. The maximum Gasteiger partial charge on any atom is 0.306 e. The fourth-order valence-corrected chi connectivity index (χ4v) is 3.10. The van der Waals surface area contributed by atoms with Crippen LogP contribution in [0.4, 0.5) is 5.69 Å². The average molecular weight is 425 g/mol. The monoisotopic (exact) mass is 424 g/mol. The number of carbonyl (C=O) groups excluding carboxylic acids is 3. The maximum absolute atomic E-state index is 11.9. The van der Waals surface area contributed by atoms with Gasteiger partial charge in [0.2, 0.25) is 11.8 Å². The van der Waals surface area contributed by atoms with Gasteiger partial charge in [0, 0.05) is 25.2 Å². The van der Waals surface area contributed by atoms with Crippen molar-refractivity contribution in [2.45, 2.75) is 57.0 Å². The zero-order valence-corrected chi connectivity index (χ0v) is 17.0. The predicted molar refractivity (Wildman–Crippen MR) is 103 cm³/mol. The number of ether oxygens (including phenoxy) is 1. The zero-order chi connectivity index (χ0) is 19.3. The number of alkyl halides is 1. The van der Waals surface area contributed by atoms with Gasteiger partial charge in [-0.15, -0.1) is 0 Å². The molecule has 1 saturated heterocycles. The van der Waals surface area contributed by atoms with Crippen molar-refractivity contribution in [2.24, 2.45) is 0 Å². The molecule has 26 heavy (non-hydrogen) atoms. The van der Waals surface area contributed by atoms with E-state index in [1.807, 2.05) is 17.0 Å². The number of nitrogens with one attached hydrogen (secondary N) is 1. The Hall–Kier alpha value is -1.89. The largest absolute Gasteiger partial charge is 0.460 e. The van der Waals surface area contributed by atoms with Crippen molar-refractivity contribution < 1.29 is 19.1 Å². The number of amides is 2. The van der Waals surface area contributed by atoms with E-state index < -0.39 is 5.60 Å². The van der Waals surface area contributed by atoms with E-state index in [1.165, 1.54) is 0 Å². The number of esters is 1. The number of hydrogen-bond donors (Lipinski definition) is 1. The van der Waals surface area contributed by atoms with E-state index in [0.29, 0.717) is 12.2 Å². The van der Waals surface area contributed by atoms with Crippen molar-refractivity contribution in [3.8, 4) is 0 Å². The van der Waals surface area contributed by atoms with Gasteiger partial charge in [-0.05, 0) is 44.9 Å². The third-order valence-electron chi connectivity index (χ3n) is 3.82. The first-order valence-electron chi connectivity index (χ1n) is 8.67. The molecule has 1 fully saturated rings. The molecule has 0 spiro atoms. The molecule has 0 bridgehead atoms. The van der Waals surface area contributed by atoms with Gasteiger partial charge in [-0.2, -0.15) is 0 Å². The standard InChI is InChI=1S/C19H25BrN2O4/c1-19(2,3)26-17(24)9-8-16(23)21-14-6-4-13(5-7-14)12-22-11-10-15(20)18(22)25/h4-7,15H,8-12H2,1-3H3,(H,21,23).